The highest BCUT2D eigenvalue weighted by atomic mass is 32.1. The number of hydrogen-bond acceptors (Lipinski definition) is 6. The molecule has 2 aromatic carbocycles. The van der Waals surface area contributed by atoms with Gasteiger partial charge in [-0.15, -0.1) is 11.3 Å². The summed E-state index contributed by atoms with van der Waals surface area (Å²) in [5.41, 5.74) is 2.38. The predicted octanol–water partition coefficient (Wildman–Crippen LogP) is 3.06. The number of aromatic nitrogens is 1. The molecule has 1 aliphatic heterocycles. The molecule has 1 N–H and O–H groups in total. The van der Waals surface area contributed by atoms with E-state index in [1.165, 1.54) is 28.2 Å². The number of thiazole rings is 1. The van der Waals surface area contributed by atoms with Crippen molar-refractivity contribution in [3.63, 3.8) is 0 Å². The van der Waals surface area contributed by atoms with Gasteiger partial charge in [-0.1, -0.05) is 30.3 Å². The zero-order valence-electron chi connectivity index (χ0n) is 18.3. The van der Waals surface area contributed by atoms with Crippen LogP contribution < -0.4 is 5.32 Å². The number of rotatable bonds is 5. The third-order valence-corrected chi connectivity index (χ3v) is 6.76. The monoisotopic (exact) mass is 461 g/mol. The lowest BCUT2D eigenvalue weighted by atomic mass is 10.0. The highest BCUT2D eigenvalue weighted by molar-refractivity contribution is 7.20. The molecule has 33 heavy (non-hydrogen) atoms. The van der Waals surface area contributed by atoms with Crippen molar-refractivity contribution in [3.8, 4) is 6.07 Å². The number of anilines is 1. The molecule has 0 bridgehead atoms. The zero-order chi connectivity index (χ0) is 23.5. The third-order valence-electron chi connectivity index (χ3n) is 5.74. The molecule has 0 saturated carbocycles. The van der Waals surface area contributed by atoms with E-state index in [2.05, 4.69) is 16.4 Å². The molecule has 0 spiro atoms. The van der Waals surface area contributed by atoms with E-state index in [1.807, 2.05) is 55.5 Å². The molecule has 1 aliphatic rings. The maximum Gasteiger partial charge on any atom is 0.283 e. The highest BCUT2D eigenvalue weighted by Gasteiger charge is 2.39. The Kier molecular flexibility index (Phi) is 6.38. The lowest BCUT2D eigenvalue weighted by molar-refractivity contribution is -0.131. The first-order valence-corrected chi connectivity index (χ1v) is 11.4. The van der Waals surface area contributed by atoms with Crippen LogP contribution in [0.1, 0.15) is 21.8 Å². The van der Waals surface area contributed by atoms with Gasteiger partial charge < -0.3 is 15.1 Å². The van der Waals surface area contributed by atoms with Gasteiger partial charge in [-0.25, -0.2) is 4.98 Å². The Balaban J connectivity index is 1.40. The van der Waals surface area contributed by atoms with E-state index >= 15 is 0 Å². The van der Waals surface area contributed by atoms with Crippen molar-refractivity contribution in [3.05, 3.63) is 59.1 Å². The standard InChI is InChI=1S/C24H23N5O3S/c1-15-7-3-4-8-18(15)26-22(31)16-11-17(12-25)29(13-16)21(30)14-28(2)24(32)23-27-19-9-5-6-10-20(19)33-23/h3-10,16-17H,11,13-14H2,1-2H3,(H,26,31). The Labute approximate surface area is 195 Å². The number of nitrogens with one attached hydrogen (secondary N) is 1. The Morgan fingerprint density at radius 2 is 1.94 bits per heavy atom. The van der Waals surface area contributed by atoms with Crippen LogP contribution >= 0.6 is 11.3 Å². The number of nitriles is 1. The van der Waals surface area contributed by atoms with Crippen LogP contribution in [0.3, 0.4) is 0 Å². The SMILES string of the molecule is Cc1ccccc1NC(=O)C1CC(C#N)N(C(=O)CN(C)C(=O)c2nc3ccccc3s2)C1. The molecule has 1 saturated heterocycles. The van der Waals surface area contributed by atoms with Gasteiger partial charge >= 0.3 is 0 Å². The zero-order valence-corrected chi connectivity index (χ0v) is 19.1. The van der Waals surface area contributed by atoms with Crippen LogP contribution in [-0.4, -0.2) is 58.7 Å². The van der Waals surface area contributed by atoms with Crippen LogP contribution in [0.15, 0.2) is 48.5 Å². The summed E-state index contributed by atoms with van der Waals surface area (Å²) in [6, 6.07) is 16.3. The number of hydrogen-bond donors (Lipinski definition) is 1. The summed E-state index contributed by atoms with van der Waals surface area (Å²) >= 11 is 1.27. The lowest BCUT2D eigenvalue weighted by Gasteiger charge is -2.23. The molecule has 9 heteroatoms. The minimum Gasteiger partial charge on any atom is -0.330 e. The summed E-state index contributed by atoms with van der Waals surface area (Å²) in [5.74, 6) is -1.45. The van der Waals surface area contributed by atoms with E-state index in [-0.39, 0.29) is 37.2 Å². The second-order valence-electron chi connectivity index (χ2n) is 8.08. The van der Waals surface area contributed by atoms with Crippen LogP contribution in [0.5, 0.6) is 0 Å². The smallest absolute Gasteiger partial charge is 0.283 e. The summed E-state index contributed by atoms with van der Waals surface area (Å²) < 4.78 is 0.896. The molecule has 2 unspecified atom stereocenters. The van der Waals surface area contributed by atoms with Crippen molar-refractivity contribution in [1.82, 2.24) is 14.8 Å². The Morgan fingerprint density at radius 3 is 2.67 bits per heavy atom. The van der Waals surface area contributed by atoms with Crippen molar-refractivity contribution < 1.29 is 14.4 Å². The van der Waals surface area contributed by atoms with Crippen molar-refractivity contribution in [1.29, 1.82) is 5.26 Å². The molecule has 8 nitrogen and oxygen atoms in total. The van der Waals surface area contributed by atoms with Crippen LogP contribution in [-0.2, 0) is 9.59 Å². The van der Waals surface area contributed by atoms with Crippen molar-refractivity contribution >= 4 is 45.0 Å². The number of fused-ring (bicyclic) bond motifs is 1. The fraction of sp³-hybridized carbons (Fsp3) is 0.292. The topological polar surface area (TPSA) is 106 Å². The van der Waals surface area contributed by atoms with E-state index < -0.39 is 12.0 Å². The molecule has 1 aromatic heterocycles. The predicted molar refractivity (Wildman–Crippen MR) is 126 cm³/mol. The Bertz CT molecular complexity index is 1230. The van der Waals surface area contributed by atoms with E-state index in [0.717, 1.165) is 15.8 Å². The van der Waals surface area contributed by atoms with Gasteiger partial charge in [-0.3, -0.25) is 14.4 Å². The number of carbonyl (C=O) groups excluding carboxylic acids is 3. The number of likely N-dealkylation sites (tertiary alicyclic amines) is 1. The molecule has 4 rings (SSSR count). The van der Waals surface area contributed by atoms with Gasteiger partial charge in [0.05, 0.1) is 28.7 Å². The first-order valence-electron chi connectivity index (χ1n) is 10.5. The summed E-state index contributed by atoms with van der Waals surface area (Å²) in [6.45, 7) is 1.84. The van der Waals surface area contributed by atoms with Crippen molar-refractivity contribution in [2.75, 3.05) is 25.5 Å². The molecular formula is C24H23N5O3S. The first kappa shape index (κ1) is 22.4. The van der Waals surface area contributed by atoms with Gasteiger partial charge in [0.15, 0.2) is 5.01 Å². The molecule has 2 heterocycles. The largest absolute Gasteiger partial charge is 0.330 e. The lowest BCUT2D eigenvalue weighted by Crippen LogP contribution is -2.43. The molecule has 2 atom stereocenters. The van der Waals surface area contributed by atoms with E-state index in [9.17, 15) is 19.6 Å². The molecule has 0 radical (unpaired) electrons. The number of aryl methyl sites for hydroxylation is 1. The maximum absolute atomic E-state index is 12.9. The van der Waals surface area contributed by atoms with Gasteiger partial charge in [-0.05, 0) is 37.1 Å². The second-order valence-corrected chi connectivity index (χ2v) is 9.11. The number of nitrogens with zero attached hydrogens (tertiary/aromatic N) is 4. The number of carbonyl (C=O) groups is 3. The van der Waals surface area contributed by atoms with Gasteiger partial charge in [0.1, 0.15) is 6.04 Å². The number of likely N-dealkylation sites (N-methyl/N-ethyl adjacent to an activating group) is 1. The van der Waals surface area contributed by atoms with Gasteiger partial charge in [-0.2, -0.15) is 5.26 Å². The summed E-state index contributed by atoms with van der Waals surface area (Å²) in [5, 5.41) is 12.8. The Morgan fingerprint density at radius 1 is 1.21 bits per heavy atom. The van der Waals surface area contributed by atoms with Crippen molar-refractivity contribution in [2.24, 2.45) is 5.92 Å². The van der Waals surface area contributed by atoms with Gasteiger partial charge in [0, 0.05) is 19.3 Å². The first-order chi connectivity index (χ1) is 15.9. The van der Waals surface area contributed by atoms with Gasteiger partial charge in [0.2, 0.25) is 11.8 Å². The van der Waals surface area contributed by atoms with E-state index in [4.69, 9.17) is 0 Å². The molecule has 0 aliphatic carbocycles. The van der Waals surface area contributed by atoms with E-state index in [0.29, 0.717) is 10.7 Å². The number of benzene rings is 2. The summed E-state index contributed by atoms with van der Waals surface area (Å²) in [6.07, 6.45) is 0.259. The molecule has 3 amide bonds. The van der Waals surface area contributed by atoms with Crippen LogP contribution in [0.2, 0.25) is 0 Å². The normalized spacial score (nSPS) is 17.5. The molecular weight excluding hydrogens is 438 g/mol. The molecule has 3 aromatic rings. The van der Waals surface area contributed by atoms with Crippen LogP contribution in [0.25, 0.3) is 10.2 Å². The summed E-state index contributed by atoms with van der Waals surface area (Å²) in [7, 11) is 1.53. The molecule has 168 valence electrons. The van der Waals surface area contributed by atoms with Crippen LogP contribution in [0.4, 0.5) is 5.69 Å². The molecule has 1 fully saturated rings. The highest BCUT2D eigenvalue weighted by Crippen LogP contribution is 2.26. The van der Waals surface area contributed by atoms with Gasteiger partial charge in [0.25, 0.3) is 5.91 Å². The minimum absolute atomic E-state index is 0.137. The van der Waals surface area contributed by atoms with Crippen molar-refractivity contribution in [2.45, 2.75) is 19.4 Å². The second kappa shape index (κ2) is 9.38. The fourth-order valence-electron chi connectivity index (χ4n) is 3.86. The Hall–Kier alpha value is -3.77. The maximum atomic E-state index is 12.9. The average molecular weight is 462 g/mol. The fourth-order valence-corrected chi connectivity index (χ4v) is 4.82. The quantitative estimate of drug-likeness (QED) is 0.629. The average Bonchev–Trinajstić information content (AvgIpc) is 3.44. The van der Waals surface area contributed by atoms with E-state index in [1.54, 1.807) is 0 Å². The minimum atomic E-state index is -0.712. The number of amides is 3. The third kappa shape index (κ3) is 4.71. The number of para-hydroxylation sites is 2. The van der Waals surface area contributed by atoms with Crippen LogP contribution in [0, 0.1) is 24.2 Å². The summed E-state index contributed by atoms with van der Waals surface area (Å²) in [4.78, 5) is 45.6.